The van der Waals surface area contributed by atoms with Crippen LogP contribution in [-0.2, 0) is 0 Å². The molecule has 2 heterocycles. The van der Waals surface area contributed by atoms with Gasteiger partial charge in [-0.15, -0.1) is 10.2 Å². The summed E-state index contributed by atoms with van der Waals surface area (Å²) in [4.78, 5) is 0. The van der Waals surface area contributed by atoms with E-state index in [9.17, 15) is 0 Å². The predicted octanol–water partition coefficient (Wildman–Crippen LogP) is 2.97. The SMILES string of the molecule is CCOc1ccc(-n2c(C)cc(/C=N\n3cnnc3)c2C)cc1. The van der Waals surface area contributed by atoms with Crippen molar-refractivity contribution >= 4 is 6.21 Å². The van der Waals surface area contributed by atoms with Crippen molar-refractivity contribution in [3.05, 3.63) is 59.9 Å². The number of hydrogen-bond donors (Lipinski definition) is 0. The van der Waals surface area contributed by atoms with E-state index in [1.54, 1.807) is 17.3 Å². The van der Waals surface area contributed by atoms with Crippen molar-refractivity contribution < 1.29 is 4.74 Å². The zero-order valence-electron chi connectivity index (χ0n) is 13.5. The summed E-state index contributed by atoms with van der Waals surface area (Å²) in [5.74, 6) is 0.883. The number of aryl methyl sites for hydroxylation is 1. The van der Waals surface area contributed by atoms with Crippen molar-refractivity contribution in [2.75, 3.05) is 6.61 Å². The second kappa shape index (κ2) is 6.48. The standard InChI is InChI=1S/C17H19N5O/c1-4-23-17-7-5-16(6-8-17)22-13(2)9-15(14(22)3)10-20-21-11-18-19-12-21/h5-12H,4H2,1-3H3/b20-10-. The van der Waals surface area contributed by atoms with Crippen molar-refractivity contribution in [1.82, 2.24) is 19.4 Å². The molecule has 0 radical (unpaired) electrons. The lowest BCUT2D eigenvalue weighted by Crippen LogP contribution is -2.00. The van der Waals surface area contributed by atoms with Gasteiger partial charge in [0.2, 0.25) is 0 Å². The monoisotopic (exact) mass is 309 g/mol. The topological polar surface area (TPSA) is 57.2 Å². The molecule has 0 bridgehead atoms. The Labute approximate surface area is 135 Å². The van der Waals surface area contributed by atoms with E-state index >= 15 is 0 Å². The Morgan fingerprint density at radius 3 is 2.48 bits per heavy atom. The maximum atomic E-state index is 5.50. The molecule has 3 aromatic rings. The molecule has 6 nitrogen and oxygen atoms in total. The molecule has 23 heavy (non-hydrogen) atoms. The summed E-state index contributed by atoms with van der Waals surface area (Å²) < 4.78 is 9.27. The summed E-state index contributed by atoms with van der Waals surface area (Å²) in [6, 6.07) is 10.2. The molecule has 0 saturated carbocycles. The Hall–Kier alpha value is -2.89. The summed E-state index contributed by atoms with van der Waals surface area (Å²) in [5, 5.41) is 11.8. The molecular weight excluding hydrogens is 290 g/mol. The van der Waals surface area contributed by atoms with Crippen LogP contribution in [0.5, 0.6) is 5.75 Å². The number of rotatable bonds is 5. The third-order valence-corrected chi connectivity index (χ3v) is 3.61. The molecule has 0 amide bonds. The first kappa shape index (κ1) is 15.0. The number of ether oxygens (including phenoxy) is 1. The van der Waals surface area contributed by atoms with Crippen LogP contribution in [0.2, 0.25) is 0 Å². The fourth-order valence-electron chi connectivity index (χ4n) is 2.56. The molecule has 0 N–H and O–H groups in total. The molecule has 0 saturated heterocycles. The lowest BCUT2D eigenvalue weighted by molar-refractivity contribution is 0.340. The van der Waals surface area contributed by atoms with Gasteiger partial charge < -0.3 is 9.30 Å². The molecule has 6 heteroatoms. The number of benzene rings is 1. The van der Waals surface area contributed by atoms with Crippen LogP contribution >= 0.6 is 0 Å². The molecule has 0 spiro atoms. The zero-order valence-corrected chi connectivity index (χ0v) is 13.5. The van der Waals surface area contributed by atoms with E-state index in [0.717, 1.165) is 28.4 Å². The van der Waals surface area contributed by atoms with Crippen LogP contribution in [0.1, 0.15) is 23.9 Å². The Balaban J connectivity index is 1.91. The van der Waals surface area contributed by atoms with Gasteiger partial charge in [-0.3, -0.25) is 0 Å². The van der Waals surface area contributed by atoms with E-state index in [0.29, 0.717) is 6.61 Å². The van der Waals surface area contributed by atoms with Gasteiger partial charge in [0.1, 0.15) is 18.4 Å². The molecule has 0 aliphatic rings. The van der Waals surface area contributed by atoms with E-state index < -0.39 is 0 Å². The fraction of sp³-hybridized carbons (Fsp3) is 0.235. The lowest BCUT2D eigenvalue weighted by atomic mass is 10.2. The zero-order chi connectivity index (χ0) is 16.2. The van der Waals surface area contributed by atoms with Crippen LogP contribution in [-0.4, -0.2) is 32.3 Å². The number of aromatic nitrogens is 4. The van der Waals surface area contributed by atoms with Gasteiger partial charge in [-0.25, -0.2) is 4.68 Å². The number of nitrogens with zero attached hydrogens (tertiary/aromatic N) is 5. The van der Waals surface area contributed by atoms with Crippen LogP contribution in [0.4, 0.5) is 0 Å². The first-order chi connectivity index (χ1) is 11.2. The third kappa shape index (κ3) is 3.15. The first-order valence-corrected chi connectivity index (χ1v) is 7.50. The predicted molar refractivity (Wildman–Crippen MR) is 89.4 cm³/mol. The molecule has 0 unspecified atom stereocenters. The van der Waals surface area contributed by atoms with E-state index in [1.165, 1.54) is 0 Å². The smallest absolute Gasteiger partial charge is 0.141 e. The average Bonchev–Trinajstić information content (AvgIpc) is 3.15. The second-order valence-corrected chi connectivity index (χ2v) is 5.18. The molecule has 0 atom stereocenters. The van der Waals surface area contributed by atoms with Gasteiger partial charge in [-0.2, -0.15) is 5.10 Å². The van der Waals surface area contributed by atoms with Crippen molar-refractivity contribution in [1.29, 1.82) is 0 Å². The van der Waals surface area contributed by atoms with E-state index in [1.807, 2.05) is 25.3 Å². The molecule has 0 aliphatic carbocycles. The van der Waals surface area contributed by atoms with Crippen LogP contribution in [0.15, 0.2) is 48.1 Å². The molecule has 2 aromatic heterocycles. The van der Waals surface area contributed by atoms with Crippen molar-refractivity contribution in [3.8, 4) is 11.4 Å². The average molecular weight is 309 g/mol. The van der Waals surface area contributed by atoms with E-state index in [4.69, 9.17) is 4.74 Å². The first-order valence-electron chi connectivity index (χ1n) is 7.50. The molecule has 1 aromatic carbocycles. The highest BCUT2D eigenvalue weighted by Crippen LogP contribution is 2.22. The highest BCUT2D eigenvalue weighted by Gasteiger charge is 2.09. The van der Waals surface area contributed by atoms with Crippen LogP contribution in [0.3, 0.4) is 0 Å². The van der Waals surface area contributed by atoms with Gasteiger partial charge in [0.15, 0.2) is 0 Å². The highest BCUT2D eigenvalue weighted by molar-refractivity contribution is 5.82. The normalized spacial score (nSPS) is 11.3. The molecule has 0 fully saturated rings. The van der Waals surface area contributed by atoms with Gasteiger partial charge in [-0.05, 0) is 51.1 Å². The van der Waals surface area contributed by atoms with Gasteiger partial charge in [0.25, 0.3) is 0 Å². The Morgan fingerprint density at radius 1 is 1.13 bits per heavy atom. The fourth-order valence-corrected chi connectivity index (χ4v) is 2.56. The molecule has 0 aliphatic heterocycles. The van der Waals surface area contributed by atoms with Gasteiger partial charge >= 0.3 is 0 Å². The third-order valence-electron chi connectivity index (χ3n) is 3.61. The molecular formula is C17H19N5O. The maximum absolute atomic E-state index is 5.50. The minimum atomic E-state index is 0.671. The van der Waals surface area contributed by atoms with E-state index in [-0.39, 0.29) is 0 Å². The van der Waals surface area contributed by atoms with Crippen molar-refractivity contribution in [3.63, 3.8) is 0 Å². The Kier molecular flexibility index (Phi) is 4.23. The minimum Gasteiger partial charge on any atom is -0.494 e. The molecule has 118 valence electrons. The lowest BCUT2D eigenvalue weighted by Gasteiger charge is -2.10. The molecule has 3 rings (SSSR count). The summed E-state index contributed by atoms with van der Waals surface area (Å²) >= 11 is 0. The van der Waals surface area contributed by atoms with Crippen LogP contribution in [0.25, 0.3) is 5.69 Å². The number of hydrogen-bond acceptors (Lipinski definition) is 4. The second-order valence-electron chi connectivity index (χ2n) is 5.18. The van der Waals surface area contributed by atoms with Crippen molar-refractivity contribution in [2.45, 2.75) is 20.8 Å². The Bertz CT molecular complexity index is 800. The quantitative estimate of drug-likeness (QED) is 0.681. The van der Waals surface area contributed by atoms with E-state index in [2.05, 4.69) is 51.9 Å². The maximum Gasteiger partial charge on any atom is 0.141 e. The highest BCUT2D eigenvalue weighted by atomic mass is 16.5. The summed E-state index contributed by atoms with van der Waals surface area (Å²) in [6.45, 7) is 6.82. The summed E-state index contributed by atoms with van der Waals surface area (Å²) in [7, 11) is 0. The Morgan fingerprint density at radius 2 is 1.83 bits per heavy atom. The summed E-state index contributed by atoms with van der Waals surface area (Å²) in [5.41, 5.74) is 4.44. The minimum absolute atomic E-state index is 0.671. The van der Waals surface area contributed by atoms with Gasteiger partial charge in [0.05, 0.1) is 12.8 Å². The van der Waals surface area contributed by atoms with Gasteiger partial charge in [0, 0.05) is 22.6 Å². The van der Waals surface area contributed by atoms with Crippen LogP contribution in [0, 0.1) is 13.8 Å². The van der Waals surface area contributed by atoms with Crippen LogP contribution < -0.4 is 4.74 Å². The van der Waals surface area contributed by atoms with Crippen molar-refractivity contribution in [2.24, 2.45) is 5.10 Å². The van der Waals surface area contributed by atoms with Gasteiger partial charge in [-0.1, -0.05) is 0 Å². The largest absolute Gasteiger partial charge is 0.494 e. The summed E-state index contributed by atoms with van der Waals surface area (Å²) in [6.07, 6.45) is 4.93.